The van der Waals surface area contributed by atoms with E-state index in [-0.39, 0.29) is 18.0 Å². The maximum absolute atomic E-state index is 12.3. The Morgan fingerprint density at radius 2 is 2.00 bits per heavy atom. The Morgan fingerprint density at radius 3 is 2.57 bits per heavy atom. The highest BCUT2D eigenvalue weighted by Crippen LogP contribution is 2.33. The highest BCUT2D eigenvalue weighted by atomic mass is 79.9. The summed E-state index contributed by atoms with van der Waals surface area (Å²) in [6, 6.07) is 3.64. The quantitative estimate of drug-likeness (QED) is 0.702. The summed E-state index contributed by atoms with van der Waals surface area (Å²) in [5.41, 5.74) is -0.271. The molecule has 0 aliphatic carbocycles. The van der Waals surface area contributed by atoms with Gasteiger partial charge in [0, 0.05) is 11.0 Å². The Morgan fingerprint density at radius 1 is 1.33 bits per heavy atom. The molecule has 0 aliphatic rings. The number of anilines is 1. The van der Waals surface area contributed by atoms with Gasteiger partial charge in [-0.2, -0.15) is 0 Å². The molecule has 21 heavy (non-hydrogen) atoms. The lowest BCUT2D eigenvalue weighted by Gasteiger charge is -2.15. The van der Waals surface area contributed by atoms with Gasteiger partial charge in [0.05, 0.1) is 11.4 Å². The van der Waals surface area contributed by atoms with Gasteiger partial charge in [-0.15, -0.1) is 13.2 Å². The lowest BCUT2D eigenvalue weighted by molar-refractivity contribution is -0.274. The van der Waals surface area contributed by atoms with E-state index in [4.69, 9.17) is 0 Å². The fourth-order valence-corrected chi connectivity index (χ4v) is 2.75. The van der Waals surface area contributed by atoms with Crippen LogP contribution in [0.1, 0.15) is 6.92 Å². The first-order valence-corrected chi connectivity index (χ1v) is 8.34. The number of hydrogen-bond donors (Lipinski definition) is 2. The Hall–Kier alpha value is -1.00. The summed E-state index contributed by atoms with van der Waals surface area (Å²) < 4.78 is 66.7. The maximum atomic E-state index is 12.3. The maximum Gasteiger partial charge on any atom is 0.573 e. The summed E-state index contributed by atoms with van der Waals surface area (Å²) >= 11 is 3.00. The van der Waals surface area contributed by atoms with Gasteiger partial charge in [-0.3, -0.25) is 4.72 Å². The van der Waals surface area contributed by atoms with E-state index in [1.807, 2.05) is 6.92 Å². The summed E-state index contributed by atoms with van der Waals surface area (Å²) in [5, 5.41) is 2.81. The lowest BCUT2D eigenvalue weighted by atomic mass is 10.3. The molecule has 0 amide bonds. The van der Waals surface area contributed by atoms with Crippen molar-refractivity contribution in [2.75, 3.05) is 23.6 Å². The van der Waals surface area contributed by atoms with Crippen molar-refractivity contribution in [2.45, 2.75) is 13.3 Å². The van der Waals surface area contributed by atoms with Gasteiger partial charge in [-0.1, -0.05) is 22.9 Å². The molecule has 1 rings (SSSR count). The average molecular weight is 391 g/mol. The van der Waals surface area contributed by atoms with Crippen LogP contribution < -0.4 is 14.8 Å². The molecule has 0 aromatic heterocycles. The molecule has 0 fully saturated rings. The molecule has 0 spiro atoms. The first kappa shape index (κ1) is 18.1. The van der Waals surface area contributed by atoms with E-state index in [9.17, 15) is 21.6 Å². The Kier molecular flexibility index (Phi) is 6.29. The van der Waals surface area contributed by atoms with Crippen LogP contribution >= 0.6 is 15.9 Å². The Bertz CT molecular complexity index is 579. The van der Waals surface area contributed by atoms with Gasteiger partial charge in [0.25, 0.3) is 0 Å². The average Bonchev–Trinajstić information content (AvgIpc) is 2.31. The minimum absolute atomic E-state index is 0.192. The smallest absolute Gasteiger partial charge is 0.403 e. The second-order valence-electron chi connectivity index (χ2n) is 3.96. The van der Waals surface area contributed by atoms with Crippen LogP contribution in [0.4, 0.5) is 18.9 Å². The number of benzene rings is 1. The highest BCUT2D eigenvalue weighted by molar-refractivity contribution is 9.10. The van der Waals surface area contributed by atoms with Gasteiger partial charge in [0.15, 0.2) is 5.75 Å². The molecular weight excluding hydrogens is 377 g/mol. The second-order valence-corrected chi connectivity index (χ2v) is 6.72. The largest absolute Gasteiger partial charge is 0.573 e. The molecule has 0 radical (unpaired) electrons. The molecule has 0 unspecified atom stereocenters. The predicted molar refractivity (Wildman–Crippen MR) is 76.8 cm³/mol. The zero-order valence-corrected chi connectivity index (χ0v) is 13.4. The number of halogens is 4. The molecular formula is C11H14BrF3N2O3S. The van der Waals surface area contributed by atoms with E-state index in [1.54, 1.807) is 0 Å². The van der Waals surface area contributed by atoms with Crippen molar-refractivity contribution >= 4 is 31.6 Å². The Labute approximate surface area is 129 Å². The normalized spacial score (nSPS) is 12.2. The first-order chi connectivity index (χ1) is 9.63. The fraction of sp³-hybridized carbons (Fsp3) is 0.455. The van der Waals surface area contributed by atoms with Crippen LogP contribution in [-0.4, -0.2) is 33.6 Å². The molecule has 1 aromatic rings. The molecule has 0 saturated heterocycles. The molecule has 0 aliphatic heterocycles. The summed E-state index contributed by atoms with van der Waals surface area (Å²) in [6.45, 7) is 2.60. The molecule has 0 saturated carbocycles. The van der Waals surface area contributed by atoms with E-state index in [1.165, 1.54) is 12.1 Å². The minimum atomic E-state index is -4.91. The van der Waals surface area contributed by atoms with Crippen LogP contribution in [0.2, 0.25) is 0 Å². The number of alkyl halides is 3. The molecule has 5 nitrogen and oxygen atoms in total. The van der Waals surface area contributed by atoms with Gasteiger partial charge in [-0.25, -0.2) is 8.42 Å². The number of nitrogens with one attached hydrogen (secondary N) is 2. The SMILES string of the molecule is CCNCCS(=O)(=O)Nc1ccc(Br)cc1OC(F)(F)F. The molecule has 1 aromatic carbocycles. The zero-order valence-electron chi connectivity index (χ0n) is 11.0. The number of sulfonamides is 1. The summed E-state index contributed by atoms with van der Waals surface area (Å²) in [4.78, 5) is 0. The monoisotopic (exact) mass is 390 g/mol. The van der Waals surface area contributed by atoms with Crippen molar-refractivity contribution in [3.63, 3.8) is 0 Å². The van der Waals surface area contributed by atoms with E-state index in [0.29, 0.717) is 11.0 Å². The third kappa shape index (κ3) is 7.00. The summed E-state index contributed by atoms with van der Waals surface area (Å²) in [5.74, 6) is -0.883. The lowest BCUT2D eigenvalue weighted by Crippen LogP contribution is -2.27. The summed E-state index contributed by atoms with van der Waals surface area (Å²) in [7, 11) is -3.77. The standard InChI is InChI=1S/C11H14BrF3N2O3S/c1-2-16-5-6-21(18,19)17-9-4-3-8(12)7-10(9)20-11(13,14)15/h3-4,7,16-17H,2,5-6H2,1H3. The van der Waals surface area contributed by atoms with E-state index < -0.39 is 22.1 Å². The molecule has 0 heterocycles. The van der Waals surface area contributed by atoms with Crippen molar-refractivity contribution in [3.05, 3.63) is 22.7 Å². The van der Waals surface area contributed by atoms with Crippen molar-refractivity contribution < 1.29 is 26.3 Å². The van der Waals surface area contributed by atoms with Crippen molar-refractivity contribution in [1.82, 2.24) is 5.32 Å². The minimum Gasteiger partial charge on any atom is -0.403 e. The molecule has 0 bridgehead atoms. The molecule has 10 heteroatoms. The predicted octanol–water partition coefficient (Wildman–Crippen LogP) is 2.70. The van der Waals surface area contributed by atoms with Gasteiger partial charge < -0.3 is 10.1 Å². The van der Waals surface area contributed by atoms with E-state index in [0.717, 1.165) is 6.07 Å². The van der Waals surface area contributed by atoms with Crippen LogP contribution in [0.15, 0.2) is 22.7 Å². The van der Waals surface area contributed by atoms with Gasteiger partial charge in [0.2, 0.25) is 10.0 Å². The topological polar surface area (TPSA) is 67.4 Å². The number of hydrogen-bond acceptors (Lipinski definition) is 4. The molecule has 120 valence electrons. The number of rotatable bonds is 7. The van der Waals surface area contributed by atoms with Crippen molar-refractivity contribution in [1.29, 1.82) is 0 Å². The Balaban J connectivity index is 2.92. The van der Waals surface area contributed by atoms with Crippen molar-refractivity contribution in [2.24, 2.45) is 0 Å². The van der Waals surface area contributed by atoms with Gasteiger partial charge >= 0.3 is 6.36 Å². The van der Waals surface area contributed by atoms with Crippen LogP contribution in [0.25, 0.3) is 0 Å². The van der Waals surface area contributed by atoms with Gasteiger partial charge in [-0.05, 0) is 24.7 Å². The second kappa shape index (κ2) is 7.32. The van der Waals surface area contributed by atoms with Gasteiger partial charge in [0.1, 0.15) is 0 Å². The van der Waals surface area contributed by atoms with E-state index >= 15 is 0 Å². The molecule has 0 atom stereocenters. The highest BCUT2D eigenvalue weighted by Gasteiger charge is 2.32. The van der Waals surface area contributed by atoms with Crippen LogP contribution in [-0.2, 0) is 10.0 Å². The first-order valence-electron chi connectivity index (χ1n) is 5.89. The third-order valence-electron chi connectivity index (χ3n) is 2.23. The van der Waals surface area contributed by atoms with Crippen LogP contribution in [0.3, 0.4) is 0 Å². The van der Waals surface area contributed by atoms with Crippen molar-refractivity contribution in [3.8, 4) is 5.75 Å². The zero-order chi connectivity index (χ0) is 16.1. The van der Waals surface area contributed by atoms with Crippen LogP contribution in [0.5, 0.6) is 5.75 Å². The third-order valence-corrected chi connectivity index (χ3v) is 4.00. The van der Waals surface area contributed by atoms with E-state index in [2.05, 4.69) is 30.7 Å². The summed E-state index contributed by atoms with van der Waals surface area (Å²) in [6.07, 6.45) is -4.91. The number of ether oxygens (including phenoxy) is 1. The fourth-order valence-electron chi connectivity index (χ4n) is 1.39. The van der Waals surface area contributed by atoms with Crippen LogP contribution in [0, 0.1) is 0 Å². The molecule has 2 N–H and O–H groups in total.